The first-order valence-corrected chi connectivity index (χ1v) is 5.21. The number of anilines is 1. The molecular formula is C11H9BrN2O2. The number of hydrogen-bond donors (Lipinski definition) is 2. The van der Waals surface area contributed by atoms with Crippen molar-refractivity contribution in [1.82, 2.24) is 0 Å². The van der Waals surface area contributed by atoms with Crippen LogP contribution in [-0.2, 0) is 4.79 Å². The highest BCUT2D eigenvalue weighted by molar-refractivity contribution is 9.10. The van der Waals surface area contributed by atoms with E-state index in [9.17, 15) is 4.79 Å². The molecule has 4 nitrogen and oxygen atoms in total. The molecule has 1 rings (SSSR count). The number of aliphatic hydroxyl groups is 1. The Hall–Kier alpha value is -1.80. The molecule has 0 spiro atoms. The van der Waals surface area contributed by atoms with Crippen LogP contribution >= 0.6 is 15.9 Å². The number of nitriles is 1. The molecule has 82 valence electrons. The first-order valence-electron chi connectivity index (χ1n) is 4.42. The molecule has 0 aliphatic carbocycles. The normalized spacial score (nSPS) is 11.3. The first-order chi connectivity index (χ1) is 7.56. The van der Waals surface area contributed by atoms with E-state index >= 15 is 0 Å². The van der Waals surface area contributed by atoms with Crippen molar-refractivity contribution in [2.45, 2.75) is 6.92 Å². The van der Waals surface area contributed by atoms with Gasteiger partial charge in [0.15, 0.2) is 5.57 Å². The molecule has 2 N–H and O–H groups in total. The Labute approximate surface area is 101 Å². The summed E-state index contributed by atoms with van der Waals surface area (Å²) >= 11 is 3.26. The lowest BCUT2D eigenvalue weighted by molar-refractivity contribution is -0.112. The quantitative estimate of drug-likeness (QED) is 0.497. The third-order valence-corrected chi connectivity index (χ3v) is 2.51. The van der Waals surface area contributed by atoms with Crippen molar-refractivity contribution >= 4 is 27.5 Å². The zero-order chi connectivity index (χ0) is 12.1. The van der Waals surface area contributed by atoms with Gasteiger partial charge >= 0.3 is 0 Å². The topological polar surface area (TPSA) is 73.1 Å². The Morgan fingerprint density at radius 1 is 1.50 bits per heavy atom. The van der Waals surface area contributed by atoms with Gasteiger partial charge in [-0.15, -0.1) is 0 Å². The molecule has 1 amide bonds. The fourth-order valence-electron chi connectivity index (χ4n) is 1.04. The van der Waals surface area contributed by atoms with Crippen molar-refractivity contribution in [2.24, 2.45) is 0 Å². The zero-order valence-electron chi connectivity index (χ0n) is 8.49. The number of allylic oxidation sites excluding steroid dienone is 1. The number of amides is 1. The number of nitrogens with zero attached hydrogens (tertiary/aromatic N) is 1. The van der Waals surface area contributed by atoms with Crippen LogP contribution < -0.4 is 5.32 Å². The minimum atomic E-state index is -0.630. The smallest absolute Gasteiger partial charge is 0.269 e. The third kappa shape index (κ3) is 2.84. The number of aliphatic hydroxyl groups excluding tert-OH is 1. The second kappa shape index (κ2) is 5.33. The minimum Gasteiger partial charge on any atom is -0.511 e. The van der Waals surface area contributed by atoms with Gasteiger partial charge in [0.05, 0.1) is 5.69 Å². The van der Waals surface area contributed by atoms with E-state index in [0.29, 0.717) is 10.2 Å². The van der Waals surface area contributed by atoms with Gasteiger partial charge in [-0.1, -0.05) is 12.1 Å². The lowest BCUT2D eigenvalue weighted by Gasteiger charge is -2.06. The predicted octanol–water partition coefficient (Wildman–Crippen LogP) is 2.74. The van der Waals surface area contributed by atoms with E-state index in [1.54, 1.807) is 30.3 Å². The third-order valence-electron chi connectivity index (χ3n) is 1.82. The number of halogens is 1. The fourth-order valence-corrected chi connectivity index (χ4v) is 1.43. The largest absolute Gasteiger partial charge is 0.511 e. The van der Waals surface area contributed by atoms with Crippen LogP contribution in [0.2, 0.25) is 0 Å². The number of nitrogens with one attached hydrogen (secondary N) is 1. The molecule has 1 aromatic rings. The van der Waals surface area contributed by atoms with Crippen molar-refractivity contribution in [2.75, 3.05) is 5.32 Å². The highest BCUT2D eigenvalue weighted by Crippen LogP contribution is 2.21. The molecule has 0 aliphatic rings. The summed E-state index contributed by atoms with van der Waals surface area (Å²) in [5.41, 5.74) is 0.247. The Kier molecular flexibility index (Phi) is 4.09. The van der Waals surface area contributed by atoms with Gasteiger partial charge in [-0.05, 0) is 35.0 Å². The molecular weight excluding hydrogens is 272 g/mol. The number of carbonyl (C=O) groups is 1. The van der Waals surface area contributed by atoms with Gasteiger partial charge < -0.3 is 10.4 Å². The van der Waals surface area contributed by atoms with Crippen molar-refractivity contribution < 1.29 is 9.90 Å². The van der Waals surface area contributed by atoms with Crippen LogP contribution in [0.3, 0.4) is 0 Å². The summed E-state index contributed by atoms with van der Waals surface area (Å²) < 4.78 is 0.705. The van der Waals surface area contributed by atoms with E-state index in [0.717, 1.165) is 0 Å². The first kappa shape index (κ1) is 12.3. The number of rotatable bonds is 2. The number of para-hydroxylation sites is 1. The predicted molar refractivity (Wildman–Crippen MR) is 63.7 cm³/mol. The molecule has 0 saturated carbocycles. The van der Waals surface area contributed by atoms with Crippen molar-refractivity contribution in [3.63, 3.8) is 0 Å². The van der Waals surface area contributed by atoms with Crippen LogP contribution in [0.25, 0.3) is 0 Å². The van der Waals surface area contributed by atoms with Gasteiger partial charge in [-0.25, -0.2) is 0 Å². The summed E-state index contributed by atoms with van der Waals surface area (Å²) in [5.74, 6) is -0.929. The van der Waals surface area contributed by atoms with Gasteiger partial charge in [0.2, 0.25) is 0 Å². The van der Waals surface area contributed by atoms with Gasteiger partial charge in [0, 0.05) is 4.47 Å². The van der Waals surface area contributed by atoms with Gasteiger partial charge in [0.1, 0.15) is 11.8 Å². The van der Waals surface area contributed by atoms with E-state index in [-0.39, 0.29) is 11.3 Å². The average Bonchev–Trinajstić information content (AvgIpc) is 2.22. The maximum Gasteiger partial charge on any atom is 0.269 e. The highest BCUT2D eigenvalue weighted by Gasteiger charge is 2.13. The Morgan fingerprint density at radius 3 is 2.62 bits per heavy atom. The number of carbonyl (C=O) groups excluding carboxylic acids is 1. The number of benzene rings is 1. The van der Waals surface area contributed by atoms with E-state index in [1.165, 1.54) is 6.92 Å². The Bertz CT molecular complexity index is 485. The van der Waals surface area contributed by atoms with Gasteiger partial charge in [-0.2, -0.15) is 5.26 Å². The molecule has 0 bridgehead atoms. The summed E-state index contributed by atoms with van der Waals surface area (Å²) in [6.07, 6.45) is 0. The molecule has 0 heterocycles. The average molecular weight is 281 g/mol. The van der Waals surface area contributed by atoms with E-state index in [2.05, 4.69) is 21.2 Å². The Morgan fingerprint density at radius 2 is 2.12 bits per heavy atom. The molecule has 0 atom stereocenters. The highest BCUT2D eigenvalue weighted by atomic mass is 79.9. The maximum absolute atomic E-state index is 11.6. The second-order valence-electron chi connectivity index (χ2n) is 3.01. The van der Waals surface area contributed by atoms with Crippen LogP contribution in [0, 0.1) is 11.3 Å². The molecule has 0 aromatic heterocycles. The van der Waals surface area contributed by atoms with Crippen molar-refractivity contribution in [1.29, 1.82) is 5.26 Å². The monoisotopic (exact) mass is 280 g/mol. The summed E-state index contributed by atoms with van der Waals surface area (Å²) in [5, 5.41) is 20.3. The van der Waals surface area contributed by atoms with E-state index in [1.807, 2.05) is 0 Å². The lowest BCUT2D eigenvalue weighted by atomic mass is 10.2. The van der Waals surface area contributed by atoms with Crippen LogP contribution in [0.4, 0.5) is 5.69 Å². The van der Waals surface area contributed by atoms with Crippen molar-refractivity contribution in [3.05, 3.63) is 40.1 Å². The summed E-state index contributed by atoms with van der Waals surface area (Å²) in [7, 11) is 0. The van der Waals surface area contributed by atoms with Crippen molar-refractivity contribution in [3.8, 4) is 6.07 Å². The van der Waals surface area contributed by atoms with E-state index < -0.39 is 5.91 Å². The molecule has 5 heteroatoms. The summed E-state index contributed by atoms with van der Waals surface area (Å²) in [6, 6.07) is 8.64. The molecule has 0 saturated heterocycles. The maximum atomic E-state index is 11.6. The lowest BCUT2D eigenvalue weighted by Crippen LogP contribution is -2.15. The van der Waals surface area contributed by atoms with Crippen LogP contribution in [-0.4, -0.2) is 11.0 Å². The zero-order valence-corrected chi connectivity index (χ0v) is 10.1. The summed E-state index contributed by atoms with van der Waals surface area (Å²) in [6.45, 7) is 1.29. The second-order valence-corrected chi connectivity index (χ2v) is 3.86. The van der Waals surface area contributed by atoms with Crippen LogP contribution in [0.1, 0.15) is 6.92 Å². The van der Waals surface area contributed by atoms with Crippen LogP contribution in [0.15, 0.2) is 40.1 Å². The molecule has 1 aromatic carbocycles. The van der Waals surface area contributed by atoms with Gasteiger partial charge in [-0.3, -0.25) is 4.79 Å². The molecule has 0 unspecified atom stereocenters. The number of hydrogen-bond acceptors (Lipinski definition) is 3. The van der Waals surface area contributed by atoms with E-state index in [4.69, 9.17) is 10.4 Å². The van der Waals surface area contributed by atoms with Gasteiger partial charge in [0.25, 0.3) is 5.91 Å². The standard InChI is InChI=1S/C11H9BrN2O2/c1-7(15)8(6-13)11(16)14-10-5-3-2-4-9(10)12/h2-5,15H,1H3,(H,14,16)/b8-7-. The summed E-state index contributed by atoms with van der Waals surface area (Å²) in [4.78, 5) is 11.6. The molecule has 16 heavy (non-hydrogen) atoms. The minimum absolute atomic E-state index is 0.296. The molecule has 0 fully saturated rings. The fraction of sp³-hybridized carbons (Fsp3) is 0.0909. The Balaban J connectivity index is 2.93. The van der Waals surface area contributed by atoms with Crippen LogP contribution in [0.5, 0.6) is 0 Å². The molecule has 0 aliphatic heterocycles. The molecule has 0 radical (unpaired) electrons. The SMILES string of the molecule is C/C(O)=C(\C#N)C(=O)Nc1ccccc1Br.